The maximum Gasteiger partial charge on any atom is 0.293 e. The van der Waals surface area contributed by atoms with Crippen LogP contribution < -0.4 is 5.73 Å². The van der Waals surface area contributed by atoms with Gasteiger partial charge in [-0.2, -0.15) is 0 Å². The predicted octanol–water partition coefficient (Wildman–Crippen LogP) is 1.43. The van der Waals surface area contributed by atoms with Crippen molar-refractivity contribution >= 4 is 23.2 Å². The van der Waals surface area contributed by atoms with Gasteiger partial charge in [-0.1, -0.05) is 13.8 Å². The van der Waals surface area contributed by atoms with E-state index in [1.807, 2.05) is 13.8 Å². The van der Waals surface area contributed by atoms with Gasteiger partial charge in [-0.15, -0.1) is 0 Å². The van der Waals surface area contributed by atoms with E-state index in [-0.39, 0.29) is 34.7 Å². The fourth-order valence-corrected chi connectivity index (χ4v) is 2.77. The molecule has 2 N–H and O–H groups in total. The summed E-state index contributed by atoms with van der Waals surface area (Å²) >= 11 is 0. The number of nitrogen functional groups attached to an aromatic ring is 1. The zero-order valence-corrected chi connectivity index (χ0v) is 14.1. The van der Waals surface area contributed by atoms with Gasteiger partial charge in [-0.3, -0.25) is 19.7 Å². The summed E-state index contributed by atoms with van der Waals surface area (Å²) in [6, 6.07) is 2.92. The van der Waals surface area contributed by atoms with Crippen LogP contribution in [0.25, 0.3) is 0 Å². The molecule has 0 saturated carbocycles. The molecule has 0 spiro atoms. The van der Waals surface area contributed by atoms with E-state index in [4.69, 9.17) is 5.73 Å². The molecule has 2 amide bonds. The Morgan fingerprint density at radius 3 is 2.21 bits per heavy atom. The second-order valence-corrected chi connectivity index (χ2v) is 6.27. The van der Waals surface area contributed by atoms with E-state index in [1.165, 1.54) is 6.07 Å². The summed E-state index contributed by atoms with van der Waals surface area (Å²) in [6.07, 6.45) is 0. The summed E-state index contributed by atoms with van der Waals surface area (Å²) in [4.78, 5) is 38.5. The van der Waals surface area contributed by atoms with Crippen molar-refractivity contribution in [2.75, 3.05) is 31.9 Å². The standard InChI is InChI=1S/C16H22N4O4/c1-10(2)15(21)18-4-6-19(7-5-18)16(22)12-8-11(3)9-13(14(12)17)20(23)24/h8-10H,4-7,17H2,1-3H3. The van der Waals surface area contributed by atoms with Gasteiger partial charge in [0.05, 0.1) is 10.5 Å². The lowest BCUT2D eigenvalue weighted by molar-refractivity contribution is -0.384. The van der Waals surface area contributed by atoms with Gasteiger partial charge in [0.15, 0.2) is 0 Å². The smallest absolute Gasteiger partial charge is 0.293 e. The summed E-state index contributed by atoms with van der Waals surface area (Å²) in [5, 5.41) is 11.1. The lowest BCUT2D eigenvalue weighted by Crippen LogP contribution is -2.51. The van der Waals surface area contributed by atoms with E-state index in [0.29, 0.717) is 31.7 Å². The SMILES string of the molecule is Cc1cc(C(=O)N2CCN(C(=O)C(C)C)CC2)c(N)c([N+](=O)[O-])c1. The van der Waals surface area contributed by atoms with Crippen molar-refractivity contribution in [2.24, 2.45) is 5.92 Å². The number of amides is 2. The number of anilines is 1. The Hall–Kier alpha value is -2.64. The summed E-state index contributed by atoms with van der Waals surface area (Å²) in [6.45, 7) is 7.05. The molecule has 0 atom stereocenters. The fourth-order valence-electron chi connectivity index (χ4n) is 2.77. The number of nitrogens with two attached hydrogens (primary N) is 1. The van der Waals surface area contributed by atoms with Crippen molar-refractivity contribution in [1.82, 2.24) is 9.80 Å². The highest BCUT2D eigenvalue weighted by atomic mass is 16.6. The summed E-state index contributed by atoms with van der Waals surface area (Å²) < 4.78 is 0. The average Bonchev–Trinajstić information content (AvgIpc) is 2.55. The summed E-state index contributed by atoms with van der Waals surface area (Å²) in [7, 11) is 0. The molecule has 0 bridgehead atoms. The highest BCUT2D eigenvalue weighted by molar-refractivity contribution is 6.01. The number of benzene rings is 1. The number of piperazine rings is 1. The lowest BCUT2D eigenvalue weighted by atomic mass is 10.1. The molecule has 2 rings (SSSR count). The minimum Gasteiger partial charge on any atom is -0.393 e. The Morgan fingerprint density at radius 1 is 1.17 bits per heavy atom. The van der Waals surface area contributed by atoms with Crippen molar-refractivity contribution in [3.63, 3.8) is 0 Å². The molecule has 1 aromatic rings. The third-order valence-electron chi connectivity index (χ3n) is 4.10. The minimum atomic E-state index is -0.585. The van der Waals surface area contributed by atoms with Crippen molar-refractivity contribution in [3.05, 3.63) is 33.4 Å². The van der Waals surface area contributed by atoms with Crippen LogP contribution in [0.5, 0.6) is 0 Å². The van der Waals surface area contributed by atoms with Gasteiger partial charge in [0, 0.05) is 38.2 Å². The molecule has 1 aliphatic rings. The summed E-state index contributed by atoms with van der Waals surface area (Å²) in [5.74, 6) is -0.355. The van der Waals surface area contributed by atoms with E-state index in [2.05, 4.69) is 0 Å². The maximum atomic E-state index is 12.7. The van der Waals surface area contributed by atoms with Gasteiger partial charge in [0.1, 0.15) is 5.69 Å². The van der Waals surface area contributed by atoms with E-state index >= 15 is 0 Å². The molecule has 24 heavy (non-hydrogen) atoms. The third-order valence-corrected chi connectivity index (χ3v) is 4.10. The van der Waals surface area contributed by atoms with Crippen LogP contribution in [0.3, 0.4) is 0 Å². The molecule has 0 aromatic heterocycles. The topological polar surface area (TPSA) is 110 Å². The molecule has 0 radical (unpaired) electrons. The number of carbonyl (C=O) groups excluding carboxylic acids is 2. The predicted molar refractivity (Wildman–Crippen MR) is 89.6 cm³/mol. The quantitative estimate of drug-likeness (QED) is 0.511. The van der Waals surface area contributed by atoms with Crippen molar-refractivity contribution in [2.45, 2.75) is 20.8 Å². The van der Waals surface area contributed by atoms with E-state index in [0.717, 1.165) is 0 Å². The first-order valence-electron chi connectivity index (χ1n) is 7.85. The number of nitro benzene ring substituents is 1. The molecule has 130 valence electrons. The van der Waals surface area contributed by atoms with E-state index < -0.39 is 4.92 Å². The van der Waals surface area contributed by atoms with Crippen LogP contribution in [0, 0.1) is 23.0 Å². The molecule has 0 aliphatic carbocycles. The maximum absolute atomic E-state index is 12.7. The zero-order chi connectivity index (χ0) is 18.0. The highest BCUT2D eigenvalue weighted by Gasteiger charge is 2.28. The van der Waals surface area contributed by atoms with Gasteiger partial charge in [-0.25, -0.2) is 0 Å². The minimum absolute atomic E-state index is 0.0628. The van der Waals surface area contributed by atoms with Gasteiger partial charge >= 0.3 is 0 Å². The van der Waals surface area contributed by atoms with Gasteiger partial charge in [0.25, 0.3) is 11.6 Å². The largest absolute Gasteiger partial charge is 0.393 e. The van der Waals surface area contributed by atoms with Crippen molar-refractivity contribution < 1.29 is 14.5 Å². The number of aryl methyl sites for hydroxylation is 1. The van der Waals surface area contributed by atoms with E-state index in [1.54, 1.807) is 22.8 Å². The number of rotatable bonds is 3. The normalized spacial score (nSPS) is 14.8. The highest BCUT2D eigenvalue weighted by Crippen LogP contribution is 2.28. The monoisotopic (exact) mass is 334 g/mol. The Bertz CT molecular complexity index is 679. The fraction of sp³-hybridized carbons (Fsp3) is 0.500. The molecule has 1 fully saturated rings. The van der Waals surface area contributed by atoms with Gasteiger partial charge in [-0.05, 0) is 18.6 Å². The van der Waals surface area contributed by atoms with Gasteiger partial charge < -0.3 is 15.5 Å². The molecular weight excluding hydrogens is 312 g/mol. The third kappa shape index (κ3) is 3.47. The van der Waals surface area contributed by atoms with Crippen molar-refractivity contribution in [3.8, 4) is 0 Å². The Morgan fingerprint density at radius 2 is 1.71 bits per heavy atom. The Kier molecular flexibility index (Phi) is 5.06. The number of hydrogen-bond acceptors (Lipinski definition) is 5. The van der Waals surface area contributed by atoms with Crippen LogP contribution in [0.4, 0.5) is 11.4 Å². The number of carbonyl (C=O) groups is 2. The van der Waals surface area contributed by atoms with Crippen LogP contribution in [-0.4, -0.2) is 52.7 Å². The number of hydrogen-bond donors (Lipinski definition) is 1. The van der Waals surface area contributed by atoms with Crippen LogP contribution in [0.15, 0.2) is 12.1 Å². The molecule has 8 nitrogen and oxygen atoms in total. The van der Waals surface area contributed by atoms with Gasteiger partial charge in [0.2, 0.25) is 5.91 Å². The van der Waals surface area contributed by atoms with Crippen LogP contribution in [-0.2, 0) is 4.79 Å². The molecule has 0 unspecified atom stereocenters. The van der Waals surface area contributed by atoms with Crippen LogP contribution in [0.2, 0.25) is 0 Å². The number of nitro groups is 1. The first kappa shape index (κ1) is 17.7. The Balaban J connectivity index is 2.17. The molecule has 1 aromatic carbocycles. The summed E-state index contributed by atoms with van der Waals surface area (Å²) in [5.41, 5.74) is 6.20. The molecule has 1 saturated heterocycles. The van der Waals surface area contributed by atoms with E-state index in [9.17, 15) is 19.7 Å². The molecule has 1 aliphatic heterocycles. The first-order chi connectivity index (χ1) is 11.2. The average molecular weight is 334 g/mol. The zero-order valence-electron chi connectivity index (χ0n) is 14.1. The lowest BCUT2D eigenvalue weighted by Gasteiger charge is -2.35. The second kappa shape index (κ2) is 6.86. The van der Waals surface area contributed by atoms with Crippen LogP contribution >= 0.6 is 0 Å². The molecular formula is C16H22N4O4. The second-order valence-electron chi connectivity index (χ2n) is 6.27. The van der Waals surface area contributed by atoms with Crippen LogP contribution in [0.1, 0.15) is 29.8 Å². The Labute approximate surface area is 140 Å². The number of nitrogens with zero attached hydrogens (tertiary/aromatic N) is 3. The first-order valence-corrected chi connectivity index (χ1v) is 7.85. The molecule has 1 heterocycles. The molecule has 8 heteroatoms. The van der Waals surface area contributed by atoms with Crippen molar-refractivity contribution in [1.29, 1.82) is 0 Å².